The summed E-state index contributed by atoms with van der Waals surface area (Å²) >= 11 is 17.9. The summed E-state index contributed by atoms with van der Waals surface area (Å²) in [4.78, 5) is 19.2. The van der Waals surface area contributed by atoms with Gasteiger partial charge in [0.1, 0.15) is 5.02 Å². The average Bonchev–Trinajstić information content (AvgIpc) is 2.50. The van der Waals surface area contributed by atoms with E-state index in [1.54, 1.807) is 18.2 Å². The molecule has 0 saturated carbocycles. The Morgan fingerprint density at radius 3 is 2.61 bits per heavy atom. The van der Waals surface area contributed by atoms with E-state index in [9.17, 15) is 4.79 Å². The molecule has 0 unspecified atom stereocenters. The van der Waals surface area contributed by atoms with Gasteiger partial charge in [-0.3, -0.25) is 4.79 Å². The molecule has 1 amide bonds. The third kappa shape index (κ3) is 5.42. The summed E-state index contributed by atoms with van der Waals surface area (Å²) in [5.74, 6) is 0.729. The Morgan fingerprint density at radius 1 is 1.13 bits per heavy atom. The first kappa shape index (κ1) is 17.6. The van der Waals surface area contributed by atoms with E-state index in [0.717, 1.165) is 0 Å². The second kappa shape index (κ2) is 8.19. The highest BCUT2D eigenvalue weighted by atomic mass is 35.5. The van der Waals surface area contributed by atoms with E-state index >= 15 is 0 Å². The van der Waals surface area contributed by atoms with Gasteiger partial charge in [-0.15, -0.1) is 0 Å². The predicted molar refractivity (Wildman–Crippen MR) is 94.0 cm³/mol. The van der Waals surface area contributed by atoms with Gasteiger partial charge in [0, 0.05) is 25.7 Å². The number of hydrogen-bond acceptors (Lipinski definition) is 5. The van der Waals surface area contributed by atoms with Crippen molar-refractivity contribution in [1.29, 1.82) is 0 Å². The zero-order valence-corrected chi connectivity index (χ0v) is 14.4. The standard InChI is InChI=1S/C14H14Cl3N5O/c1-8(23)18-4-5-19-13-12(17)7-20-14(22-13)21-9-2-3-10(15)11(16)6-9/h2-3,6-7H,4-5H2,1H3,(H,18,23)(H2,19,20,21,22). The highest BCUT2D eigenvalue weighted by molar-refractivity contribution is 6.42. The van der Waals surface area contributed by atoms with Crippen LogP contribution in [-0.4, -0.2) is 29.0 Å². The summed E-state index contributed by atoms with van der Waals surface area (Å²) in [6.07, 6.45) is 1.48. The molecular formula is C14H14Cl3N5O. The largest absolute Gasteiger partial charge is 0.367 e. The molecule has 0 spiro atoms. The number of hydrogen-bond donors (Lipinski definition) is 3. The molecule has 0 aliphatic rings. The van der Waals surface area contributed by atoms with Crippen LogP contribution in [0.15, 0.2) is 24.4 Å². The second-order valence-electron chi connectivity index (χ2n) is 4.55. The van der Waals surface area contributed by atoms with Gasteiger partial charge in [-0.25, -0.2) is 4.98 Å². The topological polar surface area (TPSA) is 78.9 Å². The van der Waals surface area contributed by atoms with Gasteiger partial charge in [0.2, 0.25) is 11.9 Å². The van der Waals surface area contributed by atoms with Crippen molar-refractivity contribution in [2.75, 3.05) is 23.7 Å². The van der Waals surface area contributed by atoms with Crippen LogP contribution in [0.25, 0.3) is 0 Å². The van der Waals surface area contributed by atoms with Gasteiger partial charge < -0.3 is 16.0 Å². The summed E-state index contributed by atoms with van der Waals surface area (Å²) < 4.78 is 0. The lowest BCUT2D eigenvalue weighted by atomic mass is 10.3. The minimum Gasteiger partial charge on any atom is -0.367 e. The molecule has 1 heterocycles. The van der Waals surface area contributed by atoms with Gasteiger partial charge in [-0.2, -0.15) is 4.98 Å². The second-order valence-corrected chi connectivity index (χ2v) is 5.78. The first-order valence-electron chi connectivity index (χ1n) is 6.68. The van der Waals surface area contributed by atoms with Crippen LogP contribution >= 0.6 is 34.8 Å². The Morgan fingerprint density at radius 2 is 1.91 bits per heavy atom. The number of halogens is 3. The van der Waals surface area contributed by atoms with E-state index in [2.05, 4.69) is 25.9 Å². The summed E-state index contributed by atoms with van der Waals surface area (Å²) in [6.45, 7) is 2.41. The van der Waals surface area contributed by atoms with Crippen molar-refractivity contribution in [3.8, 4) is 0 Å². The van der Waals surface area contributed by atoms with Gasteiger partial charge in [0.15, 0.2) is 5.82 Å². The highest BCUT2D eigenvalue weighted by Crippen LogP contribution is 2.27. The predicted octanol–water partition coefficient (Wildman–Crippen LogP) is 3.73. The Bertz CT molecular complexity index is 711. The fourth-order valence-electron chi connectivity index (χ4n) is 1.67. The molecule has 23 heavy (non-hydrogen) atoms. The summed E-state index contributed by atoms with van der Waals surface area (Å²) in [6, 6.07) is 5.11. The number of nitrogens with zero attached hydrogens (tertiary/aromatic N) is 2. The van der Waals surface area contributed by atoms with E-state index < -0.39 is 0 Å². The van der Waals surface area contributed by atoms with Crippen molar-refractivity contribution in [2.24, 2.45) is 0 Å². The Hall–Kier alpha value is -1.76. The molecule has 1 aromatic heterocycles. The van der Waals surface area contributed by atoms with Crippen LogP contribution in [0.3, 0.4) is 0 Å². The Labute approximate surface area is 148 Å². The third-order valence-electron chi connectivity index (χ3n) is 2.71. The van der Waals surface area contributed by atoms with Crippen LogP contribution in [0.1, 0.15) is 6.92 Å². The molecule has 0 fully saturated rings. The van der Waals surface area contributed by atoms with Crippen LogP contribution in [0, 0.1) is 0 Å². The van der Waals surface area contributed by atoms with Crippen LogP contribution in [0.5, 0.6) is 0 Å². The number of aromatic nitrogens is 2. The van der Waals surface area contributed by atoms with Crippen molar-refractivity contribution in [3.05, 3.63) is 39.5 Å². The Balaban J connectivity index is 2.04. The molecule has 0 aliphatic carbocycles. The molecule has 0 atom stereocenters. The van der Waals surface area contributed by atoms with Gasteiger partial charge in [-0.05, 0) is 18.2 Å². The monoisotopic (exact) mass is 373 g/mol. The molecule has 3 N–H and O–H groups in total. The molecule has 6 nitrogen and oxygen atoms in total. The minimum absolute atomic E-state index is 0.0949. The molecule has 0 radical (unpaired) electrons. The molecular weight excluding hydrogens is 361 g/mol. The van der Waals surface area contributed by atoms with Crippen molar-refractivity contribution >= 4 is 58.2 Å². The van der Waals surface area contributed by atoms with Crippen molar-refractivity contribution in [3.63, 3.8) is 0 Å². The van der Waals surface area contributed by atoms with Crippen LogP contribution in [-0.2, 0) is 4.79 Å². The molecule has 9 heteroatoms. The number of carbonyl (C=O) groups excluding carboxylic acids is 1. The van der Waals surface area contributed by atoms with E-state index in [1.165, 1.54) is 13.1 Å². The normalized spacial score (nSPS) is 10.3. The smallest absolute Gasteiger partial charge is 0.229 e. The molecule has 0 saturated heterocycles. The molecule has 0 bridgehead atoms. The number of amides is 1. The maximum atomic E-state index is 10.8. The van der Waals surface area contributed by atoms with Crippen molar-refractivity contribution in [1.82, 2.24) is 15.3 Å². The number of anilines is 3. The van der Waals surface area contributed by atoms with Crippen LogP contribution < -0.4 is 16.0 Å². The first-order valence-corrected chi connectivity index (χ1v) is 7.82. The SMILES string of the molecule is CC(=O)NCCNc1nc(Nc2ccc(Cl)c(Cl)c2)ncc1Cl. The molecule has 2 aromatic rings. The van der Waals surface area contributed by atoms with Gasteiger partial charge >= 0.3 is 0 Å². The fourth-order valence-corrected chi connectivity index (χ4v) is 2.13. The van der Waals surface area contributed by atoms with Gasteiger partial charge in [-0.1, -0.05) is 34.8 Å². The average molecular weight is 375 g/mol. The van der Waals surface area contributed by atoms with Gasteiger partial charge in [0.05, 0.1) is 16.2 Å². The summed E-state index contributed by atoms with van der Waals surface area (Å²) in [5.41, 5.74) is 0.700. The maximum absolute atomic E-state index is 10.8. The quantitative estimate of drug-likeness (QED) is 0.671. The first-order chi connectivity index (χ1) is 11.0. The lowest BCUT2D eigenvalue weighted by Crippen LogP contribution is -2.26. The van der Waals surface area contributed by atoms with Gasteiger partial charge in [0.25, 0.3) is 0 Å². The maximum Gasteiger partial charge on any atom is 0.229 e. The van der Waals surface area contributed by atoms with E-state index in [1.807, 2.05) is 0 Å². The van der Waals surface area contributed by atoms with Crippen LogP contribution in [0.4, 0.5) is 17.5 Å². The van der Waals surface area contributed by atoms with Crippen molar-refractivity contribution in [2.45, 2.75) is 6.92 Å². The molecule has 1 aromatic carbocycles. The number of rotatable bonds is 6. The number of nitrogens with one attached hydrogen (secondary N) is 3. The number of benzene rings is 1. The molecule has 0 aliphatic heterocycles. The van der Waals surface area contributed by atoms with Crippen molar-refractivity contribution < 1.29 is 4.79 Å². The molecule has 122 valence electrons. The Kier molecular flexibility index (Phi) is 6.27. The highest BCUT2D eigenvalue weighted by Gasteiger charge is 2.06. The summed E-state index contributed by atoms with van der Waals surface area (Å²) in [7, 11) is 0. The van der Waals surface area contributed by atoms with E-state index in [0.29, 0.717) is 45.6 Å². The van der Waals surface area contributed by atoms with E-state index in [-0.39, 0.29) is 5.91 Å². The molecule has 2 rings (SSSR count). The fraction of sp³-hybridized carbons (Fsp3) is 0.214. The zero-order valence-electron chi connectivity index (χ0n) is 12.2. The summed E-state index contributed by atoms with van der Waals surface area (Å²) in [5, 5.41) is 9.99. The lowest BCUT2D eigenvalue weighted by Gasteiger charge is -2.10. The number of carbonyl (C=O) groups is 1. The lowest BCUT2D eigenvalue weighted by molar-refractivity contribution is -0.118. The minimum atomic E-state index is -0.0949. The third-order valence-corrected chi connectivity index (χ3v) is 3.73. The zero-order chi connectivity index (χ0) is 16.8. The van der Waals surface area contributed by atoms with Crippen LogP contribution in [0.2, 0.25) is 15.1 Å². The van der Waals surface area contributed by atoms with E-state index in [4.69, 9.17) is 34.8 Å².